The van der Waals surface area contributed by atoms with Gasteiger partial charge in [0.25, 0.3) is 0 Å². The molecule has 3 heteroatoms. The molecule has 0 rings (SSSR count). The molecule has 0 aliphatic carbocycles. The van der Waals surface area contributed by atoms with E-state index in [9.17, 15) is 9.18 Å². The molecule has 0 saturated heterocycles. The predicted molar refractivity (Wildman–Crippen MR) is 35.0 cm³/mol. The van der Waals surface area contributed by atoms with Gasteiger partial charge >= 0.3 is 0 Å². The molecule has 0 aromatic rings. The topological polar surface area (TPSA) is 40.9 Å². The highest BCUT2D eigenvalue weighted by molar-refractivity contribution is 5.85. The summed E-state index contributed by atoms with van der Waals surface area (Å²) in [6, 6.07) is 1.69. The Morgan fingerprint density at radius 1 is 1.70 bits per heavy atom. The number of hydrogen-bond donors (Lipinski definition) is 0. The van der Waals surface area contributed by atoms with E-state index in [0.717, 1.165) is 0 Å². The van der Waals surface area contributed by atoms with Crippen molar-refractivity contribution in [3.8, 4) is 6.07 Å². The number of alkyl halides is 1. The summed E-state index contributed by atoms with van der Waals surface area (Å²) in [6.07, 6.45) is -0.198. The minimum atomic E-state index is -0.976. The Kier molecular flexibility index (Phi) is 3.01. The molecule has 0 unspecified atom stereocenters. The number of ketones is 1. The molecular weight excluding hydrogens is 133 g/mol. The lowest BCUT2D eigenvalue weighted by atomic mass is 9.88. The van der Waals surface area contributed by atoms with Crippen LogP contribution in [0.3, 0.4) is 0 Å². The highest BCUT2D eigenvalue weighted by atomic mass is 19.1. The van der Waals surface area contributed by atoms with Crippen LogP contribution in [0.1, 0.15) is 20.3 Å². The van der Waals surface area contributed by atoms with Crippen molar-refractivity contribution < 1.29 is 9.18 Å². The van der Waals surface area contributed by atoms with Gasteiger partial charge in [0.1, 0.15) is 6.67 Å². The van der Waals surface area contributed by atoms with Gasteiger partial charge in [0, 0.05) is 0 Å². The first-order valence-electron chi connectivity index (χ1n) is 3.01. The monoisotopic (exact) mass is 143 g/mol. The van der Waals surface area contributed by atoms with Gasteiger partial charge in [-0.15, -0.1) is 0 Å². The second-order valence-corrected chi connectivity index (χ2v) is 2.78. The average molecular weight is 143 g/mol. The summed E-state index contributed by atoms with van der Waals surface area (Å²) in [5.74, 6) is -0.336. The molecule has 0 fully saturated rings. The maximum Gasteiger partial charge on any atom is 0.155 e. The van der Waals surface area contributed by atoms with Gasteiger partial charge in [0.15, 0.2) is 5.78 Å². The molecule has 0 heterocycles. The van der Waals surface area contributed by atoms with E-state index in [-0.39, 0.29) is 12.2 Å². The molecule has 0 N–H and O–H groups in total. The lowest BCUT2D eigenvalue weighted by Crippen LogP contribution is -2.25. The Morgan fingerprint density at radius 2 is 2.20 bits per heavy atom. The largest absolute Gasteiger partial charge is 0.298 e. The summed E-state index contributed by atoms with van der Waals surface area (Å²) < 4.78 is 12.0. The third-order valence-corrected chi connectivity index (χ3v) is 1.33. The van der Waals surface area contributed by atoms with Crippen molar-refractivity contribution in [2.45, 2.75) is 20.3 Å². The summed E-state index contributed by atoms with van der Waals surface area (Å²) in [5, 5.41) is 8.10. The van der Waals surface area contributed by atoms with E-state index in [0.29, 0.717) is 0 Å². The predicted octanol–water partition coefficient (Wildman–Crippen LogP) is 1.46. The number of carbonyl (C=O) groups is 1. The number of Topliss-reactive ketones (excluding diaryl/α,β-unsaturated/α-hetero) is 1. The van der Waals surface area contributed by atoms with Gasteiger partial charge in [-0.05, 0) is 0 Å². The van der Waals surface area contributed by atoms with Crippen molar-refractivity contribution in [1.29, 1.82) is 5.26 Å². The van der Waals surface area contributed by atoms with Crippen molar-refractivity contribution >= 4 is 5.78 Å². The molecule has 0 aromatic carbocycles. The van der Waals surface area contributed by atoms with E-state index in [1.807, 2.05) is 0 Å². The van der Waals surface area contributed by atoms with Crippen LogP contribution in [0.5, 0.6) is 0 Å². The zero-order valence-electron chi connectivity index (χ0n) is 6.15. The Balaban J connectivity index is 4.08. The Morgan fingerprint density at radius 3 is 2.50 bits per heavy atom. The molecule has 2 nitrogen and oxygen atoms in total. The van der Waals surface area contributed by atoms with E-state index in [4.69, 9.17) is 5.26 Å². The third-order valence-electron chi connectivity index (χ3n) is 1.33. The van der Waals surface area contributed by atoms with Crippen LogP contribution < -0.4 is 0 Å². The second-order valence-electron chi connectivity index (χ2n) is 2.78. The maximum atomic E-state index is 12.0. The van der Waals surface area contributed by atoms with Crippen LogP contribution in [-0.4, -0.2) is 12.5 Å². The highest BCUT2D eigenvalue weighted by Gasteiger charge is 2.26. The van der Waals surface area contributed by atoms with Gasteiger partial charge in [0.05, 0.1) is 17.9 Å². The van der Waals surface area contributed by atoms with E-state index in [1.54, 1.807) is 6.07 Å². The second kappa shape index (κ2) is 3.31. The molecule has 0 aliphatic heterocycles. The van der Waals surface area contributed by atoms with Crippen molar-refractivity contribution in [2.75, 3.05) is 6.67 Å². The first-order chi connectivity index (χ1) is 4.54. The normalized spacial score (nSPS) is 10.6. The average Bonchev–Trinajstić information content (AvgIpc) is 1.89. The number of hydrogen-bond acceptors (Lipinski definition) is 2. The van der Waals surface area contributed by atoms with Gasteiger partial charge in [-0.25, -0.2) is 0 Å². The van der Waals surface area contributed by atoms with E-state index in [1.165, 1.54) is 13.8 Å². The van der Waals surface area contributed by atoms with Crippen LogP contribution in [0.15, 0.2) is 0 Å². The molecule has 0 radical (unpaired) electrons. The summed E-state index contributed by atoms with van der Waals surface area (Å²) in [4.78, 5) is 10.8. The molecule has 0 aromatic heterocycles. The molecule has 0 bridgehead atoms. The SMILES string of the molecule is CC(C)(CF)C(=O)CC#N. The smallest absolute Gasteiger partial charge is 0.155 e. The standard InChI is InChI=1S/C7H10FNO/c1-7(2,5-8)6(10)3-4-9/h3,5H2,1-2H3. The molecule has 56 valence electrons. The van der Waals surface area contributed by atoms with Crippen molar-refractivity contribution in [2.24, 2.45) is 5.41 Å². The quantitative estimate of drug-likeness (QED) is 0.600. The van der Waals surface area contributed by atoms with Gasteiger partial charge in [-0.1, -0.05) is 13.8 Å². The lowest BCUT2D eigenvalue weighted by molar-refractivity contribution is -0.126. The van der Waals surface area contributed by atoms with Crippen LogP contribution in [0.25, 0.3) is 0 Å². The Bertz CT molecular complexity index is 169. The van der Waals surface area contributed by atoms with Crippen molar-refractivity contribution in [1.82, 2.24) is 0 Å². The first-order valence-corrected chi connectivity index (χ1v) is 3.01. The minimum Gasteiger partial charge on any atom is -0.298 e. The number of halogens is 1. The van der Waals surface area contributed by atoms with E-state index < -0.39 is 12.1 Å². The zero-order chi connectivity index (χ0) is 8.20. The fourth-order valence-corrected chi connectivity index (χ4v) is 0.386. The number of rotatable bonds is 3. The fraction of sp³-hybridized carbons (Fsp3) is 0.714. The maximum absolute atomic E-state index is 12.0. The van der Waals surface area contributed by atoms with Gasteiger partial charge in [-0.2, -0.15) is 5.26 Å². The number of nitriles is 1. The first kappa shape index (κ1) is 9.09. The van der Waals surface area contributed by atoms with Crippen LogP contribution >= 0.6 is 0 Å². The lowest BCUT2D eigenvalue weighted by Gasteiger charge is -2.15. The molecule has 0 saturated carbocycles. The van der Waals surface area contributed by atoms with Crippen LogP contribution in [0.4, 0.5) is 4.39 Å². The van der Waals surface area contributed by atoms with Crippen molar-refractivity contribution in [3.05, 3.63) is 0 Å². The molecule has 0 spiro atoms. The summed E-state index contributed by atoms with van der Waals surface area (Å²) in [6.45, 7) is 2.28. The Labute approximate surface area is 59.6 Å². The van der Waals surface area contributed by atoms with Crippen LogP contribution in [0.2, 0.25) is 0 Å². The molecule has 0 amide bonds. The molecule has 0 atom stereocenters. The molecular formula is C7H10FNO. The van der Waals surface area contributed by atoms with Crippen molar-refractivity contribution in [3.63, 3.8) is 0 Å². The molecule has 10 heavy (non-hydrogen) atoms. The van der Waals surface area contributed by atoms with Crippen LogP contribution in [-0.2, 0) is 4.79 Å². The van der Waals surface area contributed by atoms with Gasteiger partial charge in [-0.3, -0.25) is 9.18 Å². The minimum absolute atomic E-state index is 0.198. The number of carbonyl (C=O) groups excluding carboxylic acids is 1. The van der Waals surface area contributed by atoms with Gasteiger partial charge < -0.3 is 0 Å². The summed E-state index contributed by atoms with van der Waals surface area (Å²) in [7, 11) is 0. The number of nitrogens with zero attached hydrogens (tertiary/aromatic N) is 1. The van der Waals surface area contributed by atoms with Crippen LogP contribution in [0, 0.1) is 16.7 Å². The van der Waals surface area contributed by atoms with Gasteiger partial charge in [0.2, 0.25) is 0 Å². The van der Waals surface area contributed by atoms with E-state index >= 15 is 0 Å². The zero-order valence-corrected chi connectivity index (χ0v) is 6.15. The summed E-state index contributed by atoms with van der Waals surface area (Å²) >= 11 is 0. The highest BCUT2D eigenvalue weighted by Crippen LogP contribution is 2.18. The Hall–Kier alpha value is -0.910. The summed E-state index contributed by atoms with van der Waals surface area (Å²) in [5.41, 5.74) is -0.976. The fourth-order valence-electron chi connectivity index (χ4n) is 0.386. The third kappa shape index (κ3) is 2.14. The molecule has 0 aliphatic rings. The van der Waals surface area contributed by atoms with E-state index in [2.05, 4.69) is 0 Å².